The van der Waals surface area contributed by atoms with E-state index in [0.717, 1.165) is 24.3 Å². The van der Waals surface area contributed by atoms with Crippen LogP contribution >= 0.6 is 0 Å². The molecule has 110 valence electrons. The summed E-state index contributed by atoms with van der Waals surface area (Å²) in [4.78, 5) is 11.6. The van der Waals surface area contributed by atoms with Crippen molar-refractivity contribution in [3.8, 4) is 11.5 Å². The number of hydrogen-bond donors (Lipinski definition) is 2. The summed E-state index contributed by atoms with van der Waals surface area (Å²) >= 11 is 0. The molecule has 3 N–H and O–H groups in total. The first kappa shape index (κ1) is 14.7. The van der Waals surface area contributed by atoms with Gasteiger partial charge in [-0.05, 0) is 30.2 Å². The minimum Gasteiger partial charge on any atom is -0.490 e. The summed E-state index contributed by atoms with van der Waals surface area (Å²) < 4.78 is 11.2. The van der Waals surface area contributed by atoms with Crippen LogP contribution in [0.1, 0.15) is 31.9 Å². The highest BCUT2D eigenvalue weighted by Crippen LogP contribution is 2.32. The Hall–Kier alpha value is -1.75. The molecular weight excluding hydrogens is 256 g/mol. The van der Waals surface area contributed by atoms with Crippen LogP contribution in [0.4, 0.5) is 0 Å². The molecule has 0 saturated carbocycles. The number of hydrogen-bond acceptors (Lipinski definition) is 4. The summed E-state index contributed by atoms with van der Waals surface area (Å²) in [5.41, 5.74) is 6.30. The first-order chi connectivity index (χ1) is 9.58. The van der Waals surface area contributed by atoms with Gasteiger partial charge in [0.25, 0.3) is 0 Å². The van der Waals surface area contributed by atoms with E-state index in [1.165, 1.54) is 0 Å². The van der Waals surface area contributed by atoms with Gasteiger partial charge in [0.05, 0.1) is 13.2 Å². The molecule has 20 heavy (non-hydrogen) atoms. The van der Waals surface area contributed by atoms with Crippen molar-refractivity contribution < 1.29 is 14.3 Å². The first-order valence-corrected chi connectivity index (χ1v) is 7.00. The lowest BCUT2D eigenvalue weighted by Crippen LogP contribution is -2.35. The second kappa shape index (κ2) is 6.61. The van der Waals surface area contributed by atoms with Crippen molar-refractivity contribution in [1.82, 2.24) is 5.32 Å². The number of fused-ring (bicyclic) bond motifs is 1. The highest BCUT2D eigenvalue weighted by molar-refractivity contribution is 5.81. The molecule has 5 nitrogen and oxygen atoms in total. The molecule has 1 aromatic rings. The number of benzene rings is 1. The Morgan fingerprint density at radius 1 is 1.30 bits per heavy atom. The van der Waals surface area contributed by atoms with Crippen LogP contribution in [-0.2, 0) is 4.79 Å². The summed E-state index contributed by atoms with van der Waals surface area (Å²) in [6.07, 6.45) is 0.856. The Kier molecular flexibility index (Phi) is 4.84. The Morgan fingerprint density at radius 3 is 2.65 bits per heavy atom. The summed E-state index contributed by atoms with van der Waals surface area (Å²) in [6.45, 7) is 6.16. The molecule has 0 spiro atoms. The first-order valence-electron chi connectivity index (χ1n) is 7.00. The predicted octanol–water partition coefficient (Wildman–Crippen LogP) is 1.62. The van der Waals surface area contributed by atoms with Gasteiger partial charge in [0.15, 0.2) is 11.5 Å². The van der Waals surface area contributed by atoms with Crippen molar-refractivity contribution in [3.05, 3.63) is 23.8 Å². The largest absolute Gasteiger partial charge is 0.490 e. The number of nitrogens with one attached hydrogen (secondary N) is 1. The fraction of sp³-hybridized carbons (Fsp3) is 0.533. The molecule has 0 fully saturated rings. The van der Waals surface area contributed by atoms with Crippen molar-refractivity contribution in [2.45, 2.75) is 26.3 Å². The minimum atomic E-state index is -0.505. The second-order valence-corrected chi connectivity index (χ2v) is 5.39. The van der Waals surface area contributed by atoms with Crippen LogP contribution < -0.4 is 20.5 Å². The fourth-order valence-electron chi connectivity index (χ4n) is 2.10. The van der Waals surface area contributed by atoms with E-state index in [1.54, 1.807) is 0 Å². The molecule has 1 aliphatic rings. The summed E-state index contributed by atoms with van der Waals surface area (Å²) in [5.74, 6) is 1.45. The standard InChI is InChI=1S/C15H22N2O3/c1-10(2)9-17-14(15(16)18)11-4-5-12-13(8-11)20-7-3-6-19-12/h4-5,8,10,14,17H,3,6-7,9H2,1-2H3,(H2,16,18). The Labute approximate surface area is 119 Å². The SMILES string of the molecule is CC(C)CNC(C(N)=O)c1ccc2c(c1)OCCCO2. The lowest BCUT2D eigenvalue weighted by molar-refractivity contribution is -0.120. The van der Waals surface area contributed by atoms with Crippen LogP contribution in [0.15, 0.2) is 18.2 Å². The fourth-order valence-corrected chi connectivity index (χ4v) is 2.10. The molecule has 1 heterocycles. The van der Waals surface area contributed by atoms with Crippen LogP contribution in [0.3, 0.4) is 0 Å². The van der Waals surface area contributed by atoms with Crippen molar-refractivity contribution in [2.24, 2.45) is 11.7 Å². The number of carbonyl (C=O) groups excluding carboxylic acids is 1. The number of nitrogens with two attached hydrogens (primary N) is 1. The smallest absolute Gasteiger partial charge is 0.239 e. The van der Waals surface area contributed by atoms with Crippen LogP contribution in [-0.4, -0.2) is 25.7 Å². The molecule has 0 saturated heterocycles. The van der Waals surface area contributed by atoms with Gasteiger partial charge in [-0.15, -0.1) is 0 Å². The molecule has 0 bridgehead atoms. The van der Waals surface area contributed by atoms with Gasteiger partial charge in [-0.3, -0.25) is 4.79 Å². The average Bonchev–Trinajstić information content (AvgIpc) is 2.62. The minimum absolute atomic E-state index is 0.389. The molecule has 1 aliphatic heterocycles. The Bertz CT molecular complexity index is 474. The van der Waals surface area contributed by atoms with Gasteiger partial charge >= 0.3 is 0 Å². The van der Waals surface area contributed by atoms with Gasteiger partial charge in [0, 0.05) is 6.42 Å². The predicted molar refractivity (Wildman–Crippen MR) is 76.8 cm³/mol. The van der Waals surface area contributed by atoms with Crippen molar-refractivity contribution in [1.29, 1.82) is 0 Å². The zero-order valence-corrected chi connectivity index (χ0v) is 12.0. The quantitative estimate of drug-likeness (QED) is 0.858. The molecule has 5 heteroatoms. The number of primary amides is 1. The second-order valence-electron chi connectivity index (χ2n) is 5.39. The average molecular weight is 278 g/mol. The Morgan fingerprint density at radius 2 is 2.00 bits per heavy atom. The normalized spacial score (nSPS) is 15.8. The van der Waals surface area contributed by atoms with E-state index in [0.29, 0.717) is 24.9 Å². The highest BCUT2D eigenvalue weighted by Gasteiger charge is 2.20. The van der Waals surface area contributed by atoms with Gasteiger partial charge in [0.1, 0.15) is 6.04 Å². The molecule has 2 rings (SSSR count). The number of ether oxygens (including phenoxy) is 2. The third-order valence-electron chi connectivity index (χ3n) is 3.12. The molecule has 0 aromatic heterocycles. The highest BCUT2D eigenvalue weighted by atomic mass is 16.5. The van der Waals surface area contributed by atoms with E-state index in [1.807, 2.05) is 18.2 Å². The van der Waals surface area contributed by atoms with E-state index in [-0.39, 0.29) is 5.91 Å². The maximum absolute atomic E-state index is 11.6. The van der Waals surface area contributed by atoms with E-state index < -0.39 is 6.04 Å². The monoisotopic (exact) mass is 278 g/mol. The van der Waals surface area contributed by atoms with E-state index >= 15 is 0 Å². The molecule has 1 amide bonds. The van der Waals surface area contributed by atoms with E-state index in [4.69, 9.17) is 15.2 Å². The third-order valence-corrected chi connectivity index (χ3v) is 3.12. The number of amides is 1. The van der Waals surface area contributed by atoms with Crippen LogP contribution in [0, 0.1) is 5.92 Å². The number of rotatable bonds is 5. The van der Waals surface area contributed by atoms with Gasteiger partial charge < -0.3 is 20.5 Å². The molecular formula is C15H22N2O3. The van der Waals surface area contributed by atoms with Crippen LogP contribution in [0.5, 0.6) is 11.5 Å². The van der Waals surface area contributed by atoms with Gasteiger partial charge in [-0.25, -0.2) is 0 Å². The maximum atomic E-state index is 11.6. The van der Waals surface area contributed by atoms with Gasteiger partial charge in [-0.1, -0.05) is 19.9 Å². The summed E-state index contributed by atoms with van der Waals surface area (Å²) in [6, 6.07) is 5.03. The van der Waals surface area contributed by atoms with E-state index in [9.17, 15) is 4.79 Å². The molecule has 1 unspecified atom stereocenters. The van der Waals surface area contributed by atoms with Crippen LogP contribution in [0.2, 0.25) is 0 Å². The molecule has 1 atom stereocenters. The molecule has 0 radical (unpaired) electrons. The molecule has 1 aromatic carbocycles. The van der Waals surface area contributed by atoms with Crippen molar-refractivity contribution >= 4 is 5.91 Å². The Balaban J connectivity index is 2.20. The maximum Gasteiger partial charge on any atom is 0.239 e. The summed E-state index contributed by atoms with van der Waals surface area (Å²) in [7, 11) is 0. The summed E-state index contributed by atoms with van der Waals surface area (Å²) in [5, 5.41) is 3.19. The molecule has 0 aliphatic carbocycles. The van der Waals surface area contributed by atoms with Gasteiger partial charge in [-0.2, -0.15) is 0 Å². The van der Waals surface area contributed by atoms with Crippen LogP contribution in [0.25, 0.3) is 0 Å². The third kappa shape index (κ3) is 3.63. The van der Waals surface area contributed by atoms with Gasteiger partial charge in [0.2, 0.25) is 5.91 Å². The van der Waals surface area contributed by atoms with Crippen molar-refractivity contribution in [2.75, 3.05) is 19.8 Å². The lowest BCUT2D eigenvalue weighted by atomic mass is 10.0. The topological polar surface area (TPSA) is 73.6 Å². The lowest BCUT2D eigenvalue weighted by Gasteiger charge is -2.18. The number of carbonyl (C=O) groups is 1. The van der Waals surface area contributed by atoms with Crippen molar-refractivity contribution in [3.63, 3.8) is 0 Å². The zero-order valence-electron chi connectivity index (χ0n) is 12.0. The zero-order chi connectivity index (χ0) is 14.5. The van der Waals surface area contributed by atoms with E-state index in [2.05, 4.69) is 19.2 Å².